The maximum absolute atomic E-state index is 11.0. The molecule has 1 aliphatic rings. The summed E-state index contributed by atoms with van der Waals surface area (Å²) in [5, 5.41) is 0. The molecule has 0 amide bonds. The second-order valence-electron chi connectivity index (χ2n) is 2.65. The van der Waals surface area contributed by atoms with E-state index in [1.54, 1.807) is 13.8 Å². The predicted octanol–water partition coefficient (Wildman–Crippen LogP) is 0.473. The van der Waals surface area contributed by atoms with Gasteiger partial charge in [0.1, 0.15) is 6.61 Å². The van der Waals surface area contributed by atoms with Gasteiger partial charge in [0, 0.05) is 0 Å². The minimum Gasteiger partial charge on any atom is -0.460 e. The molecule has 0 aliphatic carbocycles. The van der Waals surface area contributed by atoms with Crippen molar-refractivity contribution in [1.82, 2.24) is 0 Å². The molecule has 1 rings (SSSR count). The number of ether oxygens (including phenoxy) is 3. The molecular weight excluding hydrogens is 164 g/mol. The minimum atomic E-state index is -0.889. The molecule has 0 spiro atoms. The molecule has 68 valence electrons. The van der Waals surface area contributed by atoms with Crippen LogP contribution in [0.2, 0.25) is 0 Å². The first-order valence-corrected chi connectivity index (χ1v) is 3.63. The number of carbonyl (C=O) groups is 2. The van der Waals surface area contributed by atoms with E-state index in [2.05, 4.69) is 9.47 Å². The van der Waals surface area contributed by atoms with Crippen LogP contribution in [0.25, 0.3) is 0 Å². The highest BCUT2D eigenvalue weighted by Gasteiger charge is 2.33. The SMILES string of the molecule is CC(C)OC(=O)C1COC(=O)O1. The fourth-order valence-electron chi connectivity index (χ4n) is 0.752. The van der Waals surface area contributed by atoms with E-state index in [0.717, 1.165) is 0 Å². The summed E-state index contributed by atoms with van der Waals surface area (Å²) >= 11 is 0. The van der Waals surface area contributed by atoms with Gasteiger partial charge in [-0.05, 0) is 13.8 Å². The molecule has 1 unspecified atom stereocenters. The van der Waals surface area contributed by atoms with Gasteiger partial charge in [0.15, 0.2) is 0 Å². The molecule has 0 bridgehead atoms. The number of hydrogen-bond acceptors (Lipinski definition) is 5. The Kier molecular flexibility index (Phi) is 2.52. The van der Waals surface area contributed by atoms with Crippen LogP contribution < -0.4 is 0 Å². The third kappa shape index (κ3) is 2.11. The second-order valence-corrected chi connectivity index (χ2v) is 2.65. The lowest BCUT2D eigenvalue weighted by Crippen LogP contribution is -2.27. The summed E-state index contributed by atoms with van der Waals surface area (Å²) in [6.45, 7) is 3.38. The van der Waals surface area contributed by atoms with Crippen molar-refractivity contribution in [3.63, 3.8) is 0 Å². The largest absolute Gasteiger partial charge is 0.509 e. The third-order valence-corrected chi connectivity index (χ3v) is 1.21. The Morgan fingerprint density at radius 1 is 1.67 bits per heavy atom. The van der Waals surface area contributed by atoms with E-state index < -0.39 is 18.2 Å². The highest BCUT2D eigenvalue weighted by atomic mass is 16.8. The third-order valence-electron chi connectivity index (χ3n) is 1.21. The van der Waals surface area contributed by atoms with E-state index in [1.165, 1.54) is 0 Å². The summed E-state index contributed by atoms with van der Waals surface area (Å²) in [6, 6.07) is 0. The van der Waals surface area contributed by atoms with E-state index in [1.807, 2.05) is 0 Å². The Bertz CT molecular complexity index is 198. The average molecular weight is 174 g/mol. The zero-order valence-corrected chi connectivity index (χ0v) is 6.90. The summed E-state index contributed by atoms with van der Waals surface area (Å²) in [5.74, 6) is -0.559. The molecule has 1 saturated heterocycles. The number of cyclic esters (lactones) is 2. The lowest BCUT2D eigenvalue weighted by molar-refractivity contribution is -0.155. The topological polar surface area (TPSA) is 61.8 Å². The van der Waals surface area contributed by atoms with Crippen molar-refractivity contribution in [2.24, 2.45) is 0 Å². The van der Waals surface area contributed by atoms with Crippen molar-refractivity contribution < 1.29 is 23.8 Å². The Hall–Kier alpha value is -1.26. The average Bonchev–Trinajstić information content (AvgIpc) is 2.34. The normalized spacial score (nSPS) is 21.9. The van der Waals surface area contributed by atoms with Crippen LogP contribution in [0.15, 0.2) is 0 Å². The molecule has 0 N–H and O–H groups in total. The van der Waals surface area contributed by atoms with Crippen molar-refractivity contribution in [1.29, 1.82) is 0 Å². The van der Waals surface area contributed by atoms with Crippen molar-refractivity contribution in [3.05, 3.63) is 0 Å². The van der Waals surface area contributed by atoms with Gasteiger partial charge in [-0.2, -0.15) is 0 Å². The zero-order chi connectivity index (χ0) is 9.14. The lowest BCUT2D eigenvalue weighted by Gasteiger charge is -2.09. The van der Waals surface area contributed by atoms with Gasteiger partial charge in [0.05, 0.1) is 6.10 Å². The Morgan fingerprint density at radius 2 is 2.33 bits per heavy atom. The minimum absolute atomic E-state index is 0.0512. The fourth-order valence-corrected chi connectivity index (χ4v) is 0.752. The number of hydrogen-bond donors (Lipinski definition) is 0. The summed E-state index contributed by atoms with van der Waals surface area (Å²) in [7, 11) is 0. The molecule has 1 atom stereocenters. The van der Waals surface area contributed by atoms with E-state index in [4.69, 9.17) is 4.74 Å². The molecule has 0 aromatic heterocycles. The summed E-state index contributed by atoms with van der Waals surface area (Å²) in [5.41, 5.74) is 0. The van der Waals surface area contributed by atoms with Gasteiger partial charge in [-0.3, -0.25) is 0 Å². The number of carbonyl (C=O) groups excluding carboxylic acids is 2. The van der Waals surface area contributed by atoms with E-state index in [0.29, 0.717) is 0 Å². The van der Waals surface area contributed by atoms with Crippen LogP contribution in [-0.4, -0.2) is 30.9 Å². The van der Waals surface area contributed by atoms with Crippen LogP contribution in [0, 0.1) is 0 Å². The maximum atomic E-state index is 11.0. The molecule has 1 fully saturated rings. The molecule has 0 aromatic carbocycles. The van der Waals surface area contributed by atoms with Crippen LogP contribution in [0.5, 0.6) is 0 Å². The van der Waals surface area contributed by atoms with Crippen molar-refractivity contribution in [3.8, 4) is 0 Å². The summed E-state index contributed by atoms with van der Waals surface area (Å²) in [6.07, 6.45) is -1.92. The first-order valence-electron chi connectivity index (χ1n) is 3.63. The Labute approximate surface area is 69.6 Å². The highest BCUT2D eigenvalue weighted by molar-refractivity contribution is 5.79. The molecule has 0 radical (unpaired) electrons. The van der Waals surface area contributed by atoms with Crippen LogP contribution >= 0.6 is 0 Å². The van der Waals surface area contributed by atoms with Gasteiger partial charge in [-0.25, -0.2) is 9.59 Å². The molecular formula is C7H10O5. The van der Waals surface area contributed by atoms with Crippen molar-refractivity contribution in [2.45, 2.75) is 26.1 Å². The van der Waals surface area contributed by atoms with E-state index >= 15 is 0 Å². The van der Waals surface area contributed by atoms with E-state index in [9.17, 15) is 9.59 Å². The van der Waals surface area contributed by atoms with Gasteiger partial charge in [-0.15, -0.1) is 0 Å². The molecule has 5 nitrogen and oxygen atoms in total. The monoisotopic (exact) mass is 174 g/mol. The van der Waals surface area contributed by atoms with E-state index in [-0.39, 0.29) is 12.7 Å². The lowest BCUT2D eigenvalue weighted by atomic mass is 10.4. The predicted molar refractivity (Wildman–Crippen MR) is 37.4 cm³/mol. The van der Waals surface area contributed by atoms with Crippen LogP contribution in [0.3, 0.4) is 0 Å². The van der Waals surface area contributed by atoms with Crippen molar-refractivity contribution in [2.75, 3.05) is 6.61 Å². The fraction of sp³-hybridized carbons (Fsp3) is 0.714. The molecule has 1 aliphatic heterocycles. The summed E-state index contributed by atoms with van der Waals surface area (Å²) in [4.78, 5) is 21.4. The van der Waals surface area contributed by atoms with Gasteiger partial charge in [0.2, 0.25) is 6.10 Å². The molecule has 5 heteroatoms. The zero-order valence-electron chi connectivity index (χ0n) is 6.90. The molecule has 1 heterocycles. The van der Waals surface area contributed by atoms with Gasteiger partial charge < -0.3 is 14.2 Å². The standard InChI is InChI=1S/C7H10O5/c1-4(2)11-6(8)5-3-10-7(9)12-5/h4-5H,3H2,1-2H3. The molecule has 0 aromatic rings. The van der Waals surface area contributed by atoms with Crippen LogP contribution in [0.1, 0.15) is 13.8 Å². The maximum Gasteiger partial charge on any atom is 0.509 e. The van der Waals surface area contributed by atoms with Gasteiger partial charge in [-0.1, -0.05) is 0 Å². The highest BCUT2D eigenvalue weighted by Crippen LogP contribution is 2.08. The quantitative estimate of drug-likeness (QED) is 0.569. The van der Waals surface area contributed by atoms with Gasteiger partial charge in [0.25, 0.3) is 0 Å². The van der Waals surface area contributed by atoms with Gasteiger partial charge >= 0.3 is 12.1 Å². The number of rotatable bonds is 2. The first kappa shape index (κ1) is 8.83. The second kappa shape index (κ2) is 3.42. The molecule has 12 heavy (non-hydrogen) atoms. The Morgan fingerprint density at radius 3 is 2.75 bits per heavy atom. The van der Waals surface area contributed by atoms with Crippen molar-refractivity contribution >= 4 is 12.1 Å². The summed E-state index contributed by atoms with van der Waals surface area (Å²) < 4.78 is 13.7. The Balaban J connectivity index is 2.38. The molecule has 0 saturated carbocycles. The first-order chi connectivity index (χ1) is 5.59. The van der Waals surface area contributed by atoms with Crippen LogP contribution in [-0.2, 0) is 19.0 Å². The smallest absolute Gasteiger partial charge is 0.460 e. The van der Waals surface area contributed by atoms with Crippen LogP contribution in [0.4, 0.5) is 4.79 Å². The number of esters is 1.